The number of methoxy groups -OCH3 is 1. The molecule has 2 aliphatic rings. The number of aromatic nitrogens is 1. The molecule has 1 heterocycles. The molecule has 1 aromatic carbocycles. The van der Waals surface area contributed by atoms with E-state index < -0.39 is 38.9 Å². The summed E-state index contributed by atoms with van der Waals surface area (Å²) in [5.41, 5.74) is 3.08. The molecule has 1 aromatic heterocycles. The highest BCUT2D eigenvalue weighted by Crippen LogP contribution is 2.37. The van der Waals surface area contributed by atoms with Gasteiger partial charge < -0.3 is 25.8 Å². The molecular formula is C36H53F2N5O5S. The van der Waals surface area contributed by atoms with Crippen molar-refractivity contribution in [1.29, 1.82) is 0 Å². The van der Waals surface area contributed by atoms with E-state index in [1.54, 1.807) is 19.9 Å². The van der Waals surface area contributed by atoms with Gasteiger partial charge in [-0.25, -0.2) is 22.2 Å². The lowest BCUT2D eigenvalue weighted by Crippen LogP contribution is -2.39. The maximum atomic E-state index is 13.0. The Balaban J connectivity index is 0.000000555. The van der Waals surface area contributed by atoms with Crippen molar-refractivity contribution in [2.24, 2.45) is 17.3 Å². The van der Waals surface area contributed by atoms with Gasteiger partial charge in [-0.05, 0) is 68.1 Å². The van der Waals surface area contributed by atoms with E-state index in [1.807, 2.05) is 0 Å². The van der Waals surface area contributed by atoms with Crippen LogP contribution < -0.4 is 25.0 Å². The Morgan fingerprint density at radius 1 is 1.12 bits per heavy atom. The molecule has 1 fully saturated rings. The Morgan fingerprint density at radius 3 is 2.35 bits per heavy atom. The molecule has 13 heteroatoms. The van der Waals surface area contributed by atoms with E-state index in [4.69, 9.17) is 0 Å². The van der Waals surface area contributed by atoms with Crippen LogP contribution >= 0.6 is 0 Å². The summed E-state index contributed by atoms with van der Waals surface area (Å²) in [5.74, 6) is 0.359. The average Bonchev–Trinajstić information content (AvgIpc) is 3.76. The first-order chi connectivity index (χ1) is 22.9. The van der Waals surface area contributed by atoms with Crippen LogP contribution in [-0.2, 0) is 10.0 Å². The van der Waals surface area contributed by atoms with Gasteiger partial charge in [0, 0.05) is 57.0 Å². The number of aliphatic hydroxyl groups is 1. The Morgan fingerprint density at radius 2 is 1.78 bits per heavy atom. The molecule has 49 heavy (non-hydrogen) atoms. The summed E-state index contributed by atoms with van der Waals surface area (Å²) >= 11 is 0. The quantitative estimate of drug-likeness (QED) is 0.198. The number of allylic oxidation sites excluding steroid dienone is 2. The average molecular weight is 706 g/mol. The zero-order valence-corrected chi connectivity index (χ0v) is 30.8. The second-order valence-electron chi connectivity index (χ2n) is 14.1. The molecule has 0 bridgehead atoms. The molecule has 0 spiro atoms. The van der Waals surface area contributed by atoms with E-state index >= 15 is 0 Å². The van der Waals surface area contributed by atoms with Crippen LogP contribution in [0, 0.1) is 28.9 Å². The summed E-state index contributed by atoms with van der Waals surface area (Å²) in [5, 5.41) is 19.2. The Bertz CT molecular complexity index is 1590. The number of hydrogen-bond donors (Lipinski definition) is 4. The van der Waals surface area contributed by atoms with E-state index in [0.717, 1.165) is 41.8 Å². The largest absolute Gasteiger partial charge is 0.497 e. The summed E-state index contributed by atoms with van der Waals surface area (Å²) in [6, 6.07) is 6.12. The number of carbonyl (C=O) groups excluding carboxylic acids is 1. The van der Waals surface area contributed by atoms with Crippen LogP contribution in [0.15, 0.2) is 53.6 Å². The number of ether oxygens (including phenoxy) is 1. The van der Waals surface area contributed by atoms with Crippen LogP contribution in [0.25, 0.3) is 0 Å². The molecule has 10 nitrogen and oxygen atoms in total. The van der Waals surface area contributed by atoms with E-state index in [9.17, 15) is 27.1 Å². The van der Waals surface area contributed by atoms with E-state index in [0.29, 0.717) is 37.3 Å². The molecule has 1 saturated carbocycles. The number of benzene rings is 1. The number of rotatable bonds is 14. The normalized spacial score (nSPS) is 18.0. The molecule has 4 N–H and O–H groups in total. The standard InChI is InChI=1S/C29H47N5O4S.C7H6F2O/c1-19(2)39(37,38)34(7)27-14-22(13-26(33-27)31-16-23-11-20(23)3)28(36)32-18-25(35)17-30-15-21-9-8-10-24(12-21)29(4,5)6;1-10-7-3-5(8)2-6(9)4-7/h9,12-14,19-20,23,25,30,35H,8,10-11,15-18H2,1-7H3,(H,31,33)(H,32,36);2-4H,1H3/t20-,23+,25-;/m0./s1. The lowest BCUT2D eigenvalue weighted by molar-refractivity contribution is 0.0916. The number of aliphatic hydroxyl groups excluding tert-OH is 1. The summed E-state index contributed by atoms with van der Waals surface area (Å²) in [7, 11) is -0.817. The number of sulfonamides is 1. The van der Waals surface area contributed by atoms with Crippen LogP contribution in [0.5, 0.6) is 5.75 Å². The minimum absolute atomic E-state index is 0.0636. The van der Waals surface area contributed by atoms with Gasteiger partial charge in [-0.15, -0.1) is 0 Å². The highest BCUT2D eigenvalue weighted by atomic mass is 32.2. The summed E-state index contributed by atoms with van der Waals surface area (Å²) in [4.78, 5) is 17.5. The predicted octanol–water partition coefficient (Wildman–Crippen LogP) is 5.67. The first-order valence-electron chi connectivity index (χ1n) is 16.7. The van der Waals surface area contributed by atoms with Crippen LogP contribution in [-0.4, -0.2) is 76.1 Å². The number of halogens is 2. The number of hydrogen-bond acceptors (Lipinski definition) is 8. The third-order valence-corrected chi connectivity index (χ3v) is 10.8. The van der Waals surface area contributed by atoms with Crippen molar-refractivity contribution in [3.05, 3.63) is 70.8 Å². The maximum Gasteiger partial charge on any atom is 0.251 e. The van der Waals surface area contributed by atoms with Gasteiger partial charge >= 0.3 is 0 Å². The van der Waals surface area contributed by atoms with Crippen molar-refractivity contribution < 1.29 is 31.8 Å². The number of anilines is 2. The topological polar surface area (TPSA) is 133 Å². The molecule has 0 saturated heterocycles. The van der Waals surface area contributed by atoms with Crippen molar-refractivity contribution in [2.45, 2.75) is 72.2 Å². The highest BCUT2D eigenvalue weighted by molar-refractivity contribution is 7.93. The Kier molecular flexibility index (Phi) is 14.2. The molecule has 272 valence electrons. The van der Waals surface area contributed by atoms with Gasteiger partial charge in [0.25, 0.3) is 5.91 Å². The number of carbonyl (C=O) groups is 1. The van der Waals surface area contributed by atoms with Crippen molar-refractivity contribution in [1.82, 2.24) is 15.6 Å². The van der Waals surface area contributed by atoms with E-state index in [-0.39, 0.29) is 29.1 Å². The van der Waals surface area contributed by atoms with Crippen LogP contribution in [0.4, 0.5) is 20.4 Å². The minimum Gasteiger partial charge on any atom is -0.497 e. The van der Waals surface area contributed by atoms with Crippen LogP contribution in [0.2, 0.25) is 0 Å². The van der Waals surface area contributed by atoms with Crippen molar-refractivity contribution in [3.63, 3.8) is 0 Å². The lowest BCUT2D eigenvalue weighted by Gasteiger charge is -2.26. The van der Waals surface area contributed by atoms with Gasteiger partial charge in [-0.1, -0.05) is 45.4 Å². The number of amides is 1. The van der Waals surface area contributed by atoms with Crippen LogP contribution in [0.3, 0.4) is 0 Å². The zero-order chi connectivity index (χ0) is 36.5. The summed E-state index contributed by atoms with van der Waals surface area (Å²) < 4.78 is 55.8. The molecule has 0 unspecified atom stereocenters. The smallest absolute Gasteiger partial charge is 0.251 e. The van der Waals surface area contributed by atoms with E-state index in [2.05, 4.69) is 65.5 Å². The number of nitrogens with one attached hydrogen (secondary N) is 3. The summed E-state index contributed by atoms with van der Waals surface area (Å²) in [6.45, 7) is 13.8. The van der Waals surface area contributed by atoms with Crippen molar-refractivity contribution >= 4 is 27.6 Å². The van der Waals surface area contributed by atoms with Gasteiger partial charge in [0.05, 0.1) is 18.5 Å². The fraction of sp³-hybridized carbons (Fsp3) is 0.556. The summed E-state index contributed by atoms with van der Waals surface area (Å²) in [6.07, 6.45) is 6.94. The molecule has 2 aromatic rings. The van der Waals surface area contributed by atoms with Crippen molar-refractivity contribution in [2.75, 3.05) is 50.0 Å². The predicted molar refractivity (Wildman–Crippen MR) is 191 cm³/mol. The van der Waals surface area contributed by atoms with Gasteiger partial charge in [0.1, 0.15) is 29.0 Å². The van der Waals surface area contributed by atoms with E-state index in [1.165, 1.54) is 31.4 Å². The first kappa shape index (κ1) is 39.9. The Hall–Kier alpha value is -3.55. The molecule has 0 aliphatic heterocycles. The molecule has 1 amide bonds. The lowest BCUT2D eigenvalue weighted by atomic mass is 9.80. The monoisotopic (exact) mass is 705 g/mol. The molecule has 2 aliphatic carbocycles. The van der Waals surface area contributed by atoms with Gasteiger partial charge in [0.15, 0.2) is 0 Å². The second-order valence-corrected chi connectivity index (χ2v) is 16.6. The zero-order valence-electron chi connectivity index (χ0n) is 29.9. The van der Waals surface area contributed by atoms with Gasteiger partial charge in [-0.3, -0.25) is 9.10 Å². The minimum atomic E-state index is -3.62. The molecule has 0 radical (unpaired) electrons. The third kappa shape index (κ3) is 12.4. The fourth-order valence-electron chi connectivity index (χ4n) is 5.16. The SMILES string of the molecule is CC(C)S(=O)(=O)N(C)c1cc(C(=O)NC[C@@H](O)CNCC2=CCCC(C(C)(C)C)=C2)cc(NC[C@H]2C[C@@H]2C)n1.COc1cc(F)cc(F)c1. The highest BCUT2D eigenvalue weighted by Gasteiger charge is 2.32. The molecular weight excluding hydrogens is 652 g/mol. The van der Waals surface area contributed by atoms with Gasteiger partial charge in [-0.2, -0.15) is 0 Å². The number of pyridine rings is 1. The fourth-order valence-corrected chi connectivity index (χ4v) is 6.15. The van der Waals surface area contributed by atoms with Gasteiger partial charge in [0.2, 0.25) is 10.0 Å². The van der Waals surface area contributed by atoms with Crippen molar-refractivity contribution in [3.8, 4) is 5.75 Å². The Labute approximate surface area is 290 Å². The molecule has 4 rings (SSSR count). The molecule has 3 atom stereocenters. The second kappa shape index (κ2) is 17.4. The first-order valence-corrected chi connectivity index (χ1v) is 18.2. The third-order valence-electron chi connectivity index (χ3n) is 8.62. The maximum absolute atomic E-state index is 13.0. The number of nitrogens with zero attached hydrogens (tertiary/aromatic N) is 2. The van der Waals surface area contributed by atoms with Crippen LogP contribution in [0.1, 0.15) is 71.2 Å².